The molecule has 1 aromatic carbocycles. The first kappa shape index (κ1) is 25.3. The number of unbranched alkanes of at least 4 members (excludes halogenated alkanes) is 1. The highest BCUT2D eigenvalue weighted by molar-refractivity contribution is 5.84. The number of ketones is 1. The van der Waals surface area contributed by atoms with Gasteiger partial charge in [0, 0.05) is 18.8 Å². The Morgan fingerprint density at radius 1 is 1.19 bits per heavy atom. The minimum atomic E-state index is -0.607. The number of hydrogen-bond acceptors (Lipinski definition) is 5. The van der Waals surface area contributed by atoms with Gasteiger partial charge in [-0.3, -0.25) is 9.59 Å². The zero-order valence-corrected chi connectivity index (χ0v) is 18.9. The van der Waals surface area contributed by atoms with Crippen LogP contribution in [0.5, 0.6) is 0 Å². The van der Waals surface area contributed by atoms with Gasteiger partial charge in [0.05, 0.1) is 18.3 Å². The molecule has 1 aliphatic carbocycles. The van der Waals surface area contributed by atoms with E-state index in [0.29, 0.717) is 32.1 Å². The van der Waals surface area contributed by atoms with Crippen molar-refractivity contribution in [2.75, 3.05) is 0 Å². The van der Waals surface area contributed by atoms with Crippen molar-refractivity contribution in [2.45, 2.75) is 89.9 Å². The molecule has 31 heavy (non-hydrogen) atoms. The van der Waals surface area contributed by atoms with E-state index in [1.807, 2.05) is 44.2 Å². The molecule has 4 atom stereocenters. The lowest BCUT2D eigenvalue weighted by atomic mass is 9.86. The van der Waals surface area contributed by atoms with Gasteiger partial charge in [-0.15, -0.1) is 0 Å². The lowest BCUT2D eigenvalue weighted by molar-refractivity contribution is -0.147. The van der Waals surface area contributed by atoms with Crippen LogP contribution in [0.15, 0.2) is 42.5 Å². The molecule has 1 aliphatic rings. The van der Waals surface area contributed by atoms with Gasteiger partial charge in [0.1, 0.15) is 5.78 Å². The lowest BCUT2D eigenvalue weighted by Crippen LogP contribution is -2.22. The predicted molar refractivity (Wildman–Crippen MR) is 121 cm³/mol. The van der Waals surface area contributed by atoms with E-state index in [2.05, 4.69) is 12.1 Å². The fourth-order valence-corrected chi connectivity index (χ4v) is 4.26. The molecule has 172 valence electrons. The van der Waals surface area contributed by atoms with Crippen molar-refractivity contribution in [1.82, 2.24) is 0 Å². The molecular weight excluding hydrogens is 392 g/mol. The number of esters is 1. The van der Waals surface area contributed by atoms with Gasteiger partial charge in [0.25, 0.3) is 0 Å². The second-order valence-corrected chi connectivity index (χ2v) is 8.90. The van der Waals surface area contributed by atoms with Gasteiger partial charge >= 0.3 is 5.97 Å². The Morgan fingerprint density at radius 3 is 2.65 bits per heavy atom. The fraction of sp³-hybridized carbons (Fsp3) is 0.615. The van der Waals surface area contributed by atoms with Crippen LogP contribution >= 0.6 is 0 Å². The first-order valence-corrected chi connectivity index (χ1v) is 11.6. The Balaban J connectivity index is 1.71. The molecule has 0 spiro atoms. The molecule has 2 N–H and O–H groups in total. The predicted octanol–water partition coefficient (Wildman–Crippen LogP) is 4.39. The zero-order chi connectivity index (χ0) is 22.6. The van der Waals surface area contributed by atoms with Gasteiger partial charge < -0.3 is 14.9 Å². The number of hydrogen-bond donors (Lipinski definition) is 2. The van der Waals surface area contributed by atoms with Crippen LogP contribution in [0.2, 0.25) is 0 Å². The Kier molecular flexibility index (Phi) is 11.0. The molecule has 0 amide bonds. The highest BCUT2D eigenvalue weighted by Crippen LogP contribution is 2.35. The number of aryl methyl sites for hydroxylation is 1. The standard InChI is InChI=1S/C26H38O5/c1-19(2)31-26(30)13-9-4-3-8-12-22-23(25(29)18-24(22)28)17-16-21(27)15-14-20-10-6-5-7-11-20/h3,5-8,10-11,19,21-24,27-28H,4,9,12-18H2,1-2H3/t21-,22+,23+,24-/m0/s1. The Hall–Kier alpha value is -1.98. The Labute approximate surface area is 186 Å². The number of allylic oxidation sites excluding steroid dienone is 2. The maximum atomic E-state index is 12.4. The molecule has 0 saturated heterocycles. The second-order valence-electron chi connectivity index (χ2n) is 8.90. The van der Waals surface area contributed by atoms with Crippen LogP contribution < -0.4 is 0 Å². The van der Waals surface area contributed by atoms with Crippen LogP contribution in [0.4, 0.5) is 0 Å². The molecule has 5 heteroatoms. The Bertz CT molecular complexity index is 697. The molecule has 1 aromatic rings. The molecule has 0 radical (unpaired) electrons. The number of aliphatic hydroxyl groups excluding tert-OH is 2. The number of carbonyl (C=O) groups is 2. The minimum absolute atomic E-state index is 0.0850. The van der Waals surface area contributed by atoms with Crippen LogP contribution in [-0.2, 0) is 20.7 Å². The summed E-state index contributed by atoms with van der Waals surface area (Å²) in [6, 6.07) is 10.1. The SMILES string of the molecule is CC(C)OC(=O)CCCC=CC[C@H]1[C@@H](O)CC(=O)[C@@H]1CC[C@@H](O)CCc1ccccc1. The average molecular weight is 431 g/mol. The topological polar surface area (TPSA) is 83.8 Å². The highest BCUT2D eigenvalue weighted by atomic mass is 16.5. The molecule has 0 bridgehead atoms. The minimum Gasteiger partial charge on any atom is -0.463 e. The van der Waals surface area contributed by atoms with Crippen molar-refractivity contribution in [3.63, 3.8) is 0 Å². The van der Waals surface area contributed by atoms with Crippen molar-refractivity contribution in [1.29, 1.82) is 0 Å². The summed E-state index contributed by atoms with van der Waals surface area (Å²) in [5.74, 6) is -0.341. The van der Waals surface area contributed by atoms with Crippen LogP contribution in [0, 0.1) is 11.8 Å². The van der Waals surface area contributed by atoms with E-state index in [-0.39, 0.29) is 36.1 Å². The third-order valence-electron chi connectivity index (χ3n) is 5.95. The van der Waals surface area contributed by atoms with Gasteiger partial charge in [-0.1, -0.05) is 42.5 Å². The number of aliphatic hydroxyl groups is 2. The summed E-state index contributed by atoms with van der Waals surface area (Å²) >= 11 is 0. The molecule has 2 rings (SSSR count). The van der Waals surface area contributed by atoms with Crippen molar-refractivity contribution in [2.24, 2.45) is 11.8 Å². The van der Waals surface area contributed by atoms with E-state index in [9.17, 15) is 19.8 Å². The number of ether oxygens (including phenoxy) is 1. The summed E-state index contributed by atoms with van der Waals surface area (Å²) in [6.07, 6.45) is 8.35. The highest BCUT2D eigenvalue weighted by Gasteiger charge is 2.40. The summed E-state index contributed by atoms with van der Waals surface area (Å²) in [6.45, 7) is 3.68. The normalized spacial score (nSPS) is 22.4. The number of rotatable bonds is 13. The van der Waals surface area contributed by atoms with Crippen LogP contribution in [0.3, 0.4) is 0 Å². The first-order valence-electron chi connectivity index (χ1n) is 11.6. The summed E-state index contributed by atoms with van der Waals surface area (Å²) in [4.78, 5) is 23.9. The second kappa shape index (κ2) is 13.4. The van der Waals surface area contributed by atoms with Gasteiger partial charge in [-0.05, 0) is 70.3 Å². The van der Waals surface area contributed by atoms with Crippen molar-refractivity contribution in [3.8, 4) is 0 Å². The van der Waals surface area contributed by atoms with E-state index in [1.165, 1.54) is 5.56 Å². The molecule has 0 aromatic heterocycles. The van der Waals surface area contributed by atoms with Crippen molar-refractivity contribution >= 4 is 11.8 Å². The smallest absolute Gasteiger partial charge is 0.306 e. The van der Waals surface area contributed by atoms with Crippen LogP contribution in [0.1, 0.15) is 70.8 Å². The summed E-state index contributed by atoms with van der Waals surface area (Å²) < 4.78 is 5.11. The lowest BCUT2D eigenvalue weighted by Gasteiger charge is -2.21. The quantitative estimate of drug-likeness (QED) is 0.275. The van der Waals surface area contributed by atoms with Crippen molar-refractivity contribution in [3.05, 3.63) is 48.0 Å². The largest absolute Gasteiger partial charge is 0.463 e. The number of Topliss-reactive ketones (excluding diaryl/α,β-unsaturated/α-hetero) is 1. The van der Waals surface area contributed by atoms with Crippen LogP contribution in [0.25, 0.3) is 0 Å². The maximum Gasteiger partial charge on any atom is 0.306 e. The van der Waals surface area contributed by atoms with E-state index >= 15 is 0 Å². The molecule has 1 saturated carbocycles. The molecule has 0 unspecified atom stereocenters. The fourth-order valence-electron chi connectivity index (χ4n) is 4.26. The van der Waals surface area contributed by atoms with Gasteiger partial charge in [0.15, 0.2) is 0 Å². The maximum absolute atomic E-state index is 12.4. The molecular formula is C26H38O5. The monoisotopic (exact) mass is 430 g/mol. The molecule has 0 heterocycles. The summed E-state index contributed by atoms with van der Waals surface area (Å²) in [5.41, 5.74) is 1.20. The van der Waals surface area contributed by atoms with Gasteiger partial charge in [0.2, 0.25) is 0 Å². The zero-order valence-electron chi connectivity index (χ0n) is 18.9. The van der Waals surface area contributed by atoms with E-state index in [1.54, 1.807) is 0 Å². The van der Waals surface area contributed by atoms with E-state index < -0.39 is 12.2 Å². The van der Waals surface area contributed by atoms with Crippen LogP contribution in [-0.4, -0.2) is 40.3 Å². The number of carbonyl (C=O) groups excluding carboxylic acids is 2. The summed E-state index contributed by atoms with van der Waals surface area (Å²) in [7, 11) is 0. The van der Waals surface area contributed by atoms with E-state index in [0.717, 1.165) is 19.3 Å². The molecule has 1 fully saturated rings. The number of benzene rings is 1. The average Bonchev–Trinajstić information content (AvgIpc) is 3.00. The Morgan fingerprint density at radius 2 is 1.94 bits per heavy atom. The molecule has 5 nitrogen and oxygen atoms in total. The van der Waals surface area contributed by atoms with Gasteiger partial charge in [-0.25, -0.2) is 0 Å². The van der Waals surface area contributed by atoms with E-state index in [4.69, 9.17) is 4.74 Å². The third-order valence-corrected chi connectivity index (χ3v) is 5.95. The van der Waals surface area contributed by atoms with Gasteiger partial charge in [-0.2, -0.15) is 0 Å². The third kappa shape index (κ3) is 9.36. The summed E-state index contributed by atoms with van der Waals surface area (Å²) in [5, 5.41) is 20.7. The molecule has 0 aliphatic heterocycles. The first-order chi connectivity index (χ1) is 14.9. The van der Waals surface area contributed by atoms with Crippen molar-refractivity contribution < 1.29 is 24.5 Å².